The summed E-state index contributed by atoms with van der Waals surface area (Å²) in [4.78, 5) is 0. The molecule has 0 spiro atoms. The quantitative estimate of drug-likeness (QED) is 0.848. The van der Waals surface area contributed by atoms with Gasteiger partial charge in [0.15, 0.2) is 0 Å². The summed E-state index contributed by atoms with van der Waals surface area (Å²) < 4.78 is 1.89. The van der Waals surface area contributed by atoms with Crippen LogP contribution in [0.2, 0.25) is 0 Å². The summed E-state index contributed by atoms with van der Waals surface area (Å²) in [5, 5.41) is 4.47. The average molecular weight is 221 g/mol. The Kier molecular flexibility index (Phi) is 3.64. The van der Waals surface area contributed by atoms with Crippen molar-refractivity contribution < 1.29 is 0 Å². The molecule has 3 nitrogen and oxygen atoms in total. The third-order valence-electron chi connectivity index (χ3n) is 3.94. The minimum absolute atomic E-state index is 0.707. The van der Waals surface area contributed by atoms with Gasteiger partial charge in [-0.15, -0.1) is 0 Å². The second-order valence-corrected chi connectivity index (χ2v) is 5.36. The van der Waals surface area contributed by atoms with Gasteiger partial charge in [-0.25, -0.2) is 0 Å². The van der Waals surface area contributed by atoms with Crippen LogP contribution in [0, 0.1) is 17.8 Å². The number of aromatic nitrogens is 2. The Morgan fingerprint density at radius 3 is 2.88 bits per heavy atom. The van der Waals surface area contributed by atoms with Gasteiger partial charge in [0.2, 0.25) is 0 Å². The highest BCUT2D eigenvalue weighted by Crippen LogP contribution is 2.34. The van der Waals surface area contributed by atoms with Crippen LogP contribution in [-0.2, 0) is 13.5 Å². The molecule has 2 N–H and O–H groups in total. The van der Waals surface area contributed by atoms with Crippen molar-refractivity contribution in [2.45, 2.75) is 32.6 Å². The van der Waals surface area contributed by atoms with Crippen molar-refractivity contribution in [3.05, 3.63) is 18.0 Å². The maximum atomic E-state index is 5.87. The molecule has 1 heterocycles. The summed E-state index contributed by atoms with van der Waals surface area (Å²) in [5.41, 5.74) is 7.09. The number of aryl methyl sites for hydroxylation is 1. The normalized spacial score (nSPS) is 30.6. The molecule has 1 aromatic heterocycles. The van der Waals surface area contributed by atoms with E-state index in [2.05, 4.69) is 18.1 Å². The Morgan fingerprint density at radius 2 is 2.25 bits per heavy atom. The number of rotatable bonds is 3. The monoisotopic (exact) mass is 221 g/mol. The van der Waals surface area contributed by atoms with Gasteiger partial charge in [-0.3, -0.25) is 4.68 Å². The van der Waals surface area contributed by atoms with Crippen LogP contribution < -0.4 is 5.73 Å². The molecule has 0 aromatic carbocycles. The summed E-state index contributed by atoms with van der Waals surface area (Å²) in [5.74, 6) is 2.30. The van der Waals surface area contributed by atoms with Crippen LogP contribution in [0.5, 0.6) is 0 Å². The maximum Gasteiger partial charge on any atom is 0.0627 e. The first kappa shape index (κ1) is 11.6. The molecule has 90 valence electrons. The molecule has 1 saturated carbocycles. The molecule has 0 amide bonds. The average Bonchev–Trinajstić information content (AvgIpc) is 2.64. The Hall–Kier alpha value is -0.830. The summed E-state index contributed by atoms with van der Waals surface area (Å²) in [7, 11) is 1.98. The van der Waals surface area contributed by atoms with E-state index in [9.17, 15) is 0 Å². The van der Waals surface area contributed by atoms with Crippen LogP contribution in [0.15, 0.2) is 12.3 Å². The minimum atomic E-state index is 0.707. The smallest absolute Gasteiger partial charge is 0.0627 e. The summed E-state index contributed by atoms with van der Waals surface area (Å²) in [6.07, 6.45) is 7.10. The topological polar surface area (TPSA) is 43.8 Å². The van der Waals surface area contributed by atoms with Gasteiger partial charge in [0.25, 0.3) is 0 Å². The molecule has 1 aromatic rings. The maximum absolute atomic E-state index is 5.87. The third-order valence-corrected chi connectivity index (χ3v) is 3.94. The van der Waals surface area contributed by atoms with Crippen molar-refractivity contribution in [2.24, 2.45) is 30.5 Å². The van der Waals surface area contributed by atoms with Gasteiger partial charge in [-0.1, -0.05) is 13.3 Å². The van der Waals surface area contributed by atoms with Gasteiger partial charge in [-0.2, -0.15) is 5.10 Å². The van der Waals surface area contributed by atoms with Gasteiger partial charge >= 0.3 is 0 Å². The predicted molar refractivity (Wildman–Crippen MR) is 66.0 cm³/mol. The molecule has 1 aliphatic rings. The molecule has 0 saturated heterocycles. The molecule has 2 rings (SSSR count). The van der Waals surface area contributed by atoms with E-state index >= 15 is 0 Å². The fraction of sp³-hybridized carbons (Fsp3) is 0.769. The first-order chi connectivity index (χ1) is 7.69. The lowest BCUT2D eigenvalue weighted by Crippen LogP contribution is -2.31. The van der Waals surface area contributed by atoms with E-state index < -0.39 is 0 Å². The van der Waals surface area contributed by atoms with Gasteiger partial charge in [0.1, 0.15) is 0 Å². The van der Waals surface area contributed by atoms with Crippen molar-refractivity contribution in [3.8, 4) is 0 Å². The van der Waals surface area contributed by atoms with E-state index in [4.69, 9.17) is 5.73 Å². The number of nitrogens with zero attached hydrogens (tertiary/aromatic N) is 2. The van der Waals surface area contributed by atoms with Crippen LogP contribution in [0.3, 0.4) is 0 Å². The summed E-state index contributed by atoms with van der Waals surface area (Å²) in [6.45, 7) is 3.20. The second-order valence-electron chi connectivity index (χ2n) is 5.36. The fourth-order valence-electron chi connectivity index (χ4n) is 2.96. The molecule has 3 unspecified atom stereocenters. The molecule has 1 fully saturated rings. The van der Waals surface area contributed by atoms with Gasteiger partial charge in [0, 0.05) is 13.2 Å². The van der Waals surface area contributed by atoms with E-state index in [0.29, 0.717) is 5.92 Å². The molecular weight excluding hydrogens is 198 g/mol. The molecule has 0 aliphatic heterocycles. The second kappa shape index (κ2) is 5.00. The zero-order valence-electron chi connectivity index (χ0n) is 10.4. The fourth-order valence-corrected chi connectivity index (χ4v) is 2.96. The Morgan fingerprint density at radius 1 is 1.44 bits per heavy atom. The summed E-state index contributed by atoms with van der Waals surface area (Å²) in [6, 6.07) is 2.13. The lowest BCUT2D eigenvalue weighted by atomic mass is 9.73. The molecule has 3 atom stereocenters. The van der Waals surface area contributed by atoms with Crippen molar-refractivity contribution in [3.63, 3.8) is 0 Å². The SMILES string of the molecule is CC1CCC(CN)C(Cc2ccn(C)n2)C1. The first-order valence-corrected chi connectivity index (χ1v) is 6.37. The van der Waals surface area contributed by atoms with E-state index in [-0.39, 0.29) is 0 Å². The molecular formula is C13H23N3. The van der Waals surface area contributed by atoms with Crippen LogP contribution in [0.25, 0.3) is 0 Å². The van der Waals surface area contributed by atoms with E-state index in [1.807, 2.05) is 17.9 Å². The summed E-state index contributed by atoms with van der Waals surface area (Å²) >= 11 is 0. The number of hydrogen-bond acceptors (Lipinski definition) is 2. The van der Waals surface area contributed by atoms with Gasteiger partial charge in [0.05, 0.1) is 5.69 Å². The van der Waals surface area contributed by atoms with E-state index in [0.717, 1.165) is 24.8 Å². The molecule has 1 aliphatic carbocycles. The lowest BCUT2D eigenvalue weighted by molar-refractivity contribution is 0.192. The van der Waals surface area contributed by atoms with Crippen LogP contribution >= 0.6 is 0 Å². The van der Waals surface area contributed by atoms with Gasteiger partial charge in [-0.05, 0) is 49.6 Å². The Balaban J connectivity index is 2.00. The number of nitrogens with two attached hydrogens (primary N) is 1. The van der Waals surface area contributed by atoms with Crippen molar-refractivity contribution in [2.75, 3.05) is 6.54 Å². The molecule has 3 heteroatoms. The third kappa shape index (κ3) is 2.64. The highest BCUT2D eigenvalue weighted by atomic mass is 15.2. The highest BCUT2D eigenvalue weighted by molar-refractivity contribution is 5.01. The van der Waals surface area contributed by atoms with Crippen molar-refractivity contribution in [1.29, 1.82) is 0 Å². The van der Waals surface area contributed by atoms with Crippen LogP contribution in [0.1, 0.15) is 31.9 Å². The molecule has 0 radical (unpaired) electrons. The number of hydrogen-bond donors (Lipinski definition) is 1. The molecule has 16 heavy (non-hydrogen) atoms. The molecule has 0 bridgehead atoms. The standard InChI is InChI=1S/C13H23N3/c1-10-3-4-11(9-14)12(7-10)8-13-5-6-16(2)15-13/h5-6,10-12H,3-4,7-9,14H2,1-2H3. The highest BCUT2D eigenvalue weighted by Gasteiger charge is 2.28. The lowest BCUT2D eigenvalue weighted by Gasteiger charge is -2.33. The van der Waals surface area contributed by atoms with Gasteiger partial charge < -0.3 is 5.73 Å². The largest absolute Gasteiger partial charge is 0.330 e. The van der Waals surface area contributed by atoms with Crippen molar-refractivity contribution >= 4 is 0 Å². The van der Waals surface area contributed by atoms with E-state index in [1.54, 1.807) is 0 Å². The van der Waals surface area contributed by atoms with Crippen LogP contribution in [-0.4, -0.2) is 16.3 Å². The minimum Gasteiger partial charge on any atom is -0.330 e. The first-order valence-electron chi connectivity index (χ1n) is 6.37. The zero-order chi connectivity index (χ0) is 11.5. The Labute approximate surface area is 98.0 Å². The zero-order valence-corrected chi connectivity index (χ0v) is 10.4. The van der Waals surface area contributed by atoms with Crippen molar-refractivity contribution in [1.82, 2.24) is 9.78 Å². The van der Waals surface area contributed by atoms with E-state index in [1.165, 1.54) is 25.0 Å². The van der Waals surface area contributed by atoms with Crippen LogP contribution in [0.4, 0.5) is 0 Å². The Bertz CT molecular complexity index is 332. The predicted octanol–water partition coefficient (Wildman–Crippen LogP) is 1.97.